The molecule has 0 saturated heterocycles. The number of hydrogen-bond donors (Lipinski definition) is 0. The van der Waals surface area contributed by atoms with Gasteiger partial charge in [-0.3, -0.25) is 9.48 Å². The molecular weight excluding hydrogens is 312 g/mol. The first kappa shape index (κ1) is 15.9. The van der Waals surface area contributed by atoms with Gasteiger partial charge in [-0.15, -0.1) is 16.4 Å². The maximum absolute atomic E-state index is 12.5. The fourth-order valence-electron chi connectivity index (χ4n) is 2.82. The summed E-state index contributed by atoms with van der Waals surface area (Å²) in [4.78, 5) is 15.4. The molecule has 23 heavy (non-hydrogen) atoms. The predicted octanol–water partition coefficient (Wildman–Crippen LogP) is 2.05. The maximum atomic E-state index is 12.5. The van der Waals surface area contributed by atoms with E-state index in [2.05, 4.69) is 10.3 Å². The first-order valence-corrected chi connectivity index (χ1v) is 8.53. The topological polar surface area (TPSA) is 60.2 Å². The van der Waals surface area contributed by atoms with E-state index in [1.165, 1.54) is 0 Å². The summed E-state index contributed by atoms with van der Waals surface area (Å²) in [6, 6.07) is 3.96. The van der Waals surface area contributed by atoms with Crippen molar-refractivity contribution in [1.29, 1.82) is 0 Å². The molecule has 3 rings (SSSR count). The molecule has 1 amide bonds. The summed E-state index contributed by atoms with van der Waals surface area (Å²) in [7, 11) is 1.89. The van der Waals surface area contributed by atoms with E-state index in [1.54, 1.807) is 22.1 Å². The first-order chi connectivity index (χ1) is 11.2. The lowest BCUT2D eigenvalue weighted by Gasteiger charge is -2.31. The van der Waals surface area contributed by atoms with Gasteiger partial charge in [0.1, 0.15) is 5.69 Å². The van der Waals surface area contributed by atoms with Crippen LogP contribution in [0.3, 0.4) is 0 Å². The maximum Gasteiger partial charge on any atom is 0.246 e. The molecule has 1 aliphatic heterocycles. The minimum absolute atomic E-state index is 0.00352. The number of amides is 1. The van der Waals surface area contributed by atoms with Crippen molar-refractivity contribution in [2.24, 2.45) is 7.05 Å². The molecule has 0 bridgehead atoms. The zero-order valence-corrected chi connectivity index (χ0v) is 14.1. The monoisotopic (exact) mass is 332 g/mol. The predicted molar refractivity (Wildman–Crippen MR) is 89.0 cm³/mol. The Morgan fingerprint density at radius 1 is 1.57 bits per heavy atom. The quantitative estimate of drug-likeness (QED) is 0.786. The van der Waals surface area contributed by atoms with Crippen LogP contribution in [0.2, 0.25) is 0 Å². The molecule has 6 nitrogen and oxygen atoms in total. The van der Waals surface area contributed by atoms with E-state index in [1.807, 2.05) is 42.5 Å². The highest BCUT2D eigenvalue weighted by Crippen LogP contribution is 2.27. The number of ether oxygens (including phenoxy) is 1. The lowest BCUT2D eigenvalue weighted by molar-refractivity contribution is -0.127. The first-order valence-electron chi connectivity index (χ1n) is 7.65. The number of nitrogens with zero attached hydrogens (tertiary/aromatic N) is 4. The molecule has 7 heteroatoms. The number of carbonyl (C=O) groups is 1. The summed E-state index contributed by atoms with van der Waals surface area (Å²) in [6.07, 6.45) is 3.49. The Hall–Kier alpha value is -1.99. The van der Waals surface area contributed by atoms with Gasteiger partial charge >= 0.3 is 0 Å². The molecule has 2 aromatic heterocycles. The molecule has 0 aromatic carbocycles. The average Bonchev–Trinajstić information content (AvgIpc) is 3.20. The highest BCUT2D eigenvalue weighted by Gasteiger charge is 2.31. The Kier molecular flexibility index (Phi) is 4.88. The molecule has 3 heterocycles. The number of carbonyl (C=O) groups excluding carboxylic acids is 1. The highest BCUT2D eigenvalue weighted by atomic mass is 32.1. The second kappa shape index (κ2) is 7.06. The number of hydrogen-bond acceptors (Lipinski definition) is 5. The molecule has 1 aliphatic rings. The van der Waals surface area contributed by atoms with Gasteiger partial charge in [-0.25, -0.2) is 0 Å². The summed E-state index contributed by atoms with van der Waals surface area (Å²) >= 11 is 1.61. The third kappa shape index (κ3) is 3.51. The van der Waals surface area contributed by atoms with Crippen LogP contribution in [-0.2, 0) is 23.1 Å². The third-order valence-electron chi connectivity index (χ3n) is 3.88. The van der Waals surface area contributed by atoms with Gasteiger partial charge in [0.15, 0.2) is 0 Å². The number of rotatable bonds is 5. The third-order valence-corrected chi connectivity index (χ3v) is 4.72. The summed E-state index contributed by atoms with van der Waals surface area (Å²) < 4.78 is 7.37. The minimum atomic E-state index is -0.00352. The Morgan fingerprint density at radius 3 is 3.17 bits per heavy atom. The Bertz CT molecular complexity index is 693. The van der Waals surface area contributed by atoms with Crippen LogP contribution in [0.15, 0.2) is 23.6 Å². The second-order valence-electron chi connectivity index (χ2n) is 5.47. The van der Waals surface area contributed by atoms with E-state index in [9.17, 15) is 4.79 Å². The molecular formula is C16H20N4O2S. The Labute approximate surface area is 139 Å². The summed E-state index contributed by atoms with van der Waals surface area (Å²) in [5, 5.41) is 10.3. The van der Waals surface area contributed by atoms with Crippen molar-refractivity contribution in [3.05, 3.63) is 39.9 Å². The molecule has 0 spiro atoms. The van der Waals surface area contributed by atoms with Crippen LogP contribution in [0.1, 0.15) is 29.1 Å². The van der Waals surface area contributed by atoms with Crippen molar-refractivity contribution >= 4 is 23.3 Å². The molecule has 2 aromatic rings. The van der Waals surface area contributed by atoms with E-state index in [-0.39, 0.29) is 11.8 Å². The number of aryl methyl sites for hydroxylation is 1. The Morgan fingerprint density at radius 2 is 2.43 bits per heavy atom. The molecule has 0 aliphatic carbocycles. The van der Waals surface area contributed by atoms with Crippen molar-refractivity contribution in [3.63, 3.8) is 0 Å². The molecule has 0 N–H and O–H groups in total. The molecule has 122 valence electrons. The zero-order valence-electron chi connectivity index (χ0n) is 13.3. The number of thiophene rings is 1. The molecule has 1 unspecified atom stereocenters. The van der Waals surface area contributed by atoms with Crippen molar-refractivity contribution in [3.8, 4) is 0 Å². The van der Waals surface area contributed by atoms with E-state index in [0.29, 0.717) is 26.3 Å². The summed E-state index contributed by atoms with van der Waals surface area (Å²) in [5.74, 6) is 0.106. The van der Waals surface area contributed by atoms with E-state index in [4.69, 9.17) is 4.74 Å². The normalized spacial score (nSPS) is 17.7. The van der Waals surface area contributed by atoms with Gasteiger partial charge in [0, 0.05) is 37.1 Å². The summed E-state index contributed by atoms with van der Waals surface area (Å²) in [6.45, 7) is 4.33. The van der Waals surface area contributed by atoms with E-state index < -0.39 is 0 Å². The second-order valence-corrected chi connectivity index (χ2v) is 6.45. The van der Waals surface area contributed by atoms with Gasteiger partial charge in [-0.1, -0.05) is 11.3 Å². The van der Waals surface area contributed by atoms with Crippen LogP contribution in [0.4, 0.5) is 0 Å². The van der Waals surface area contributed by atoms with Crippen LogP contribution in [-0.4, -0.2) is 45.6 Å². The van der Waals surface area contributed by atoms with Crippen molar-refractivity contribution < 1.29 is 9.53 Å². The molecule has 0 saturated carbocycles. The van der Waals surface area contributed by atoms with Crippen molar-refractivity contribution in [2.45, 2.75) is 19.4 Å². The van der Waals surface area contributed by atoms with Crippen LogP contribution < -0.4 is 0 Å². The number of aromatic nitrogens is 3. The molecule has 0 fully saturated rings. The molecule has 0 radical (unpaired) electrons. The standard InChI is InChI=1S/C16H20N4O2S/c1-3-22-11-12-9-20(10-14-16(12)19(2)18-17-14)15(21)7-6-13-5-4-8-23-13/h4-8,12H,3,9-11H2,1-2H3/b7-6+. The minimum Gasteiger partial charge on any atom is -0.381 e. The summed E-state index contributed by atoms with van der Waals surface area (Å²) in [5.41, 5.74) is 1.94. The van der Waals surface area contributed by atoms with E-state index >= 15 is 0 Å². The van der Waals surface area contributed by atoms with Gasteiger partial charge in [0.05, 0.1) is 18.8 Å². The SMILES string of the molecule is CCOCC1CN(C(=O)/C=C/c2cccs2)Cc2nnn(C)c21. The van der Waals surface area contributed by atoms with Crippen LogP contribution in [0.25, 0.3) is 6.08 Å². The zero-order chi connectivity index (χ0) is 16.2. The lowest BCUT2D eigenvalue weighted by atomic mass is 9.99. The van der Waals surface area contributed by atoms with Gasteiger partial charge in [0.2, 0.25) is 5.91 Å². The largest absolute Gasteiger partial charge is 0.381 e. The van der Waals surface area contributed by atoms with Crippen LogP contribution in [0.5, 0.6) is 0 Å². The number of fused-ring (bicyclic) bond motifs is 1. The Balaban J connectivity index is 1.75. The van der Waals surface area contributed by atoms with Gasteiger partial charge in [-0.2, -0.15) is 0 Å². The lowest BCUT2D eigenvalue weighted by Crippen LogP contribution is -2.39. The van der Waals surface area contributed by atoms with Crippen LogP contribution in [0, 0.1) is 0 Å². The van der Waals surface area contributed by atoms with Crippen molar-refractivity contribution in [2.75, 3.05) is 19.8 Å². The molecule has 1 atom stereocenters. The van der Waals surface area contributed by atoms with E-state index in [0.717, 1.165) is 16.3 Å². The average molecular weight is 332 g/mol. The van der Waals surface area contributed by atoms with Gasteiger partial charge in [0.25, 0.3) is 0 Å². The van der Waals surface area contributed by atoms with Crippen molar-refractivity contribution in [1.82, 2.24) is 19.9 Å². The van der Waals surface area contributed by atoms with Crippen LogP contribution >= 0.6 is 11.3 Å². The fraction of sp³-hybridized carbons (Fsp3) is 0.438. The fourth-order valence-corrected chi connectivity index (χ4v) is 3.44. The van der Waals surface area contributed by atoms with Gasteiger partial charge in [-0.05, 0) is 24.4 Å². The van der Waals surface area contributed by atoms with Gasteiger partial charge < -0.3 is 9.64 Å². The highest BCUT2D eigenvalue weighted by molar-refractivity contribution is 7.10. The smallest absolute Gasteiger partial charge is 0.246 e.